The fraction of sp³-hybridized carbons (Fsp3) is 0.0667. The van der Waals surface area contributed by atoms with E-state index in [0.717, 1.165) is 28.0 Å². The first kappa shape index (κ1) is 10.7. The molecule has 88 valence electrons. The molecule has 0 saturated heterocycles. The van der Waals surface area contributed by atoms with Crippen LogP contribution in [0.15, 0.2) is 47.8 Å². The van der Waals surface area contributed by atoms with Crippen LogP contribution in [-0.2, 0) is 0 Å². The fourth-order valence-corrected chi connectivity index (χ4v) is 2.11. The molecule has 2 aromatic heterocycles. The zero-order valence-corrected chi connectivity index (χ0v) is 10.1. The molecule has 0 unspecified atom stereocenters. The first-order valence-electron chi connectivity index (χ1n) is 5.72. The van der Waals surface area contributed by atoms with E-state index in [1.165, 1.54) is 6.33 Å². The van der Waals surface area contributed by atoms with Gasteiger partial charge in [0.1, 0.15) is 17.6 Å². The zero-order chi connectivity index (χ0) is 12.5. The topological polar surface area (TPSA) is 38.9 Å². The lowest BCUT2D eigenvalue weighted by Crippen LogP contribution is -1.83. The van der Waals surface area contributed by atoms with Crippen molar-refractivity contribution in [2.24, 2.45) is 0 Å². The summed E-state index contributed by atoms with van der Waals surface area (Å²) in [4.78, 5) is 8.23. The van der Waals surface area contributed by atoms with Crippen LogP contribution in [0.2, 0.25) is 0 Å². The molecular weight excluding hydrogens is 224 g/mol. The summed E-state index contributed by atoms with van der Waals surface area (Å²) >= 11 is 0. The van der Waals surface area contributed by atoms with Gasteiger partial charge >= 0.3 is 0 Å². The van der Waals surface area contributed by atoms with Crippen molar-refractivity contribution in [2.75, 3.05) is 0 Å². The average Bonchev–Trinajstić information content (AvgIpc) is 2.76. The zero-order valence-electron chi connectivity index (χ0n) is 10.1. The molecule has 0 N–H and O–H groups in total. The molecule has 1 aromatic carbocycles. The van der Waals surface area contributed by atoms with Gasteiger partial charge in [0, 0.05) is 11.1 Å². The fourth-order valence-electron chi connectivity index (χ4n) is 2.11. The van der Waals surface area contributed by atoms with Gasteiger partial charge in [0.05, 0.1) is 6.20 Å². The van der Waals surface area contributed by atoms with Crippen LogP contribution in [0.1, 0.15) is 11.1 Å². The molecule has 0 amide bonds. The molecule has 0 atom stereocenters. The van der Waals surface area contributed by atoms with Crippen molar-refractivity contribution < 1.29 is 4.42 Å². The Hall–Kier alpha value is -2.42. The van der Waals surface area contributed by atoms with Gasteiger partial charge in [0.25, 0.3) is 0 Å². The van der Waals surface area contributed by atoms with Crippen LogP contribution in [-0.4, -0.2) is 9.97 Å². The summed E-state index contributed by atoms with van der Waals surface area (Å²) < 4.78 is 5.85. The van der Waals surface area contributed by atoms with Gasteiger partial charge in [-0.25, -0.2) is 9.97 Å². The smallest absolute Gasteiger partial charge is 0.171 e. The normalized spacial score (nSPS) is 10.7. The van der Waals surface area contributed by atoms with Gasteiger partial charge in [-0.3, -0.25) is 0 Å². The molecule has 0 spiro atoms. The minimum absolute atomic E-state index is 0.712. The van der Waals surface area contributed by atoms with Crippen molar-refractivity contribution in [1.82, 2.24) is 9.97 Å². The summed E-state index contributed by atoms with van der Waals surface area (Å²) in [6.07, 6.45) is 5.05. The number of rotatable bonds is 2. The predicted molar refractivity (Wildman–Crippen MR) is 72.1 cm³/mol. The Morgan fingerprint density at radius 3 is 2.89 bits per heavy atom. The molecule has 0 fully saturated rings. The second-order valence-electron chi connectivity index (χ2n) is 4.08. The van der Waals surface area contributed by atoms with Crippen LogP contribution >= 0.6 is 0 Å². The summed E-state index contributed by atoms with van der Waals surface area (Å²) in [7, 11) is 0. The van der Waals surface area contributed by atoms with Crippen LogP contribution < -0.4 is 0 Å². The van der Waals surface area contributed by atoms with Crippen molar-refractivity contribution in [3.8, 4) is 11.3 Å². The Bertz CT molecular complexity index is 728. The molecule has 3 aromatic rings. The average molecular weight is 236 g/mol. The molecule has 0 bridgehead atoms. The minimum Gasteiger partial charge on any atom is -0.452 e. The number of aromatic nitrogens is 2. The maximum Gasteiger partial charge on any atom is 0.171 e. The number of nitrogens with zero attached hydrogens (tertiary/aromatic N) is 2. The number of benzene rings is 1. The Morgan fingerprint density at radius 2 is 2.11 bits per heavy atom. The summed E-state index contributed by atoms with van der Waals surface area (Å²) in [5.74, 6) is 0.834. The third-order valence-corrected chi connectivity index (χ3v) is 3.01. The van der Waals surface area contributed by atoms with Gasteiger partial charge in [-0.15, -0.1) is 0 Å². The number of hydrogen-bond acceptors (Lipinski definition) is 3. The van der Waals surface area contributed by atoms with Gasteiger partial charge in [0.2, 0.25) is 0 Å². The van der Waals surface area contributed by atoms with Gasteiger partial charge in [-0.1, -0.05) is 36.9 Å². The standard InChI is InChI=1S/C15H12N2O/c1-3-11-6-4-5-7-12(11)15-10(2)14-13(18-15)8-16-9-17-14/h3-9H,1H2,2H3. The first-order valence-corrected chi connectivity index (χ1v) is 5.72. The van der Waals surface area contributed by atoms with Crippen molar-refractivity contribution in [3.05, 3.63) is 54.5 Å². The van der Waals surface area contributed by atoms with Crippen molar-refractivity contribution in [1.29, 1.82) is 0 Å². The monoisotopic (exact) mass is 236 g/mol. The van der Waals surface area contributed by atoms with Gasteiger partial charge in [-0.05, 0) is 12.5 Å². The highest BCUT2D eigenvalue weighted by Gasteiger charge is 2.14. The third kappa shape index (κ3) is 1.52. The molecule has 0 aliphatic rings. The van der Waals surface area contributed by atoms with Crippen molar-refractivity contribution in [2.45, 2.75) is 6.92 Å². The van der Waals surface area contributed by atoms with E-state index in [0.29, 0.717) is 5.58 Å². The maximum atomic E-state index is 5.85. The van der Waals surface area contributed by atoms with Crippen molar-refractivity contribution in [3.63, 3.8) is 0 Å². The van der Waals surface area contributed by atoms with Crippen molar-refractivity contribution >= 4 is 17.2 Å². The second-order valence-corrected chi connectivity index (χ2v) is 4.08. The summed E-state index contributed by atoms with van der Waals surface area (Å²) in [5.41, 5.74) is 4.68. The highest BCUT2D eigenvalue weighted by Crippen LogP contribution is 2.33. The molecule has 3 rings (SSSR count). The molecule has 3 nitrogen and oxygen atoms in total. The van der Waals surface area contributed by atoms with E-state index in [2.05, 4.69) is 16.5 Å². The molecule has 18 heavy (non-hydrogen) atoms. The molecule has 0 aliphatic heterocycles. The van der Waals surface area contributed by atoms with Crippen LogP contribution in [0, 0.1) is 6.92 Å². The molecule has 0 radical (unpaired) electrons. The number of aryl methyl sites for hydroxylation is 1. The Morgan fingerprint density at radius 1 is 1.28 bits per heavy atom. The number of furan rings is 1. The predicted octanol–water partition coefficient (Wildman–Crippen LogP) is 3.84. The lowest BCUT2D eigenvalue weighted by Gasteiger charge is -2.03. The Kier molecular flexibility index (Phi) is 2.45. The van der Waals surface area contributed by atoms with E-state index >= 15 is 0 Å². The minimum atomic E-state index is 0.712. The van der Waals surface area contributed by atoms with E-state index < -0.39 is 0 Å². The van der Waals surface area contributed by atoms with Gasteiger partial charge in [0.15, 0.2) is 5.58 Å². The van der Waals surface area contributed by atoms with E-state index in [4.69, 9.17) is 4.42 Å². The Labute approximate surface area is 105 Å². The quantitative estimate of drug-likeness (QED) is 0.678. The highest BCUT2D eigenvalue weighted by molar-refractivity contribution is 5.85. The molecule has 2 heterocycles. The third-order valence-electron chi connectivity index (χ3n) is 3.01. The summed E-state index contributed by atoms with van der Waals surface area (Å²) in [6.45, 7) is 5.84. The lowest BCUT2D eigenvalue weighted by atomic mass is 10.0. The Balaban J connectivity index is 2.32. The van der Waals surface area contributed by atoms with Crippen LogP contribution in [0.25, 0.3) is 28.5 Å². The molecular formula is C15H12N2O. The van der Waals surface area contributed by atoms with Crippen LogP contribution in [0.3, 0.4) is 0 Å². The number of hydrogen-bond donors (Lipinski definition) is 0. The van der Waals surface area contributed by atoms with E-state index in [9.17, 15) is 0 Å². The second kappa shape index (κ2) is 4.11. The van der Waals surface area contributed by atoms with Crippen LogP contribution in [0.5, 0.6) is 0 Å². The SMILES string of the molecule is C=Cc1ccccc1-c1oc2cncnc2c1C. The highest BCUT2D eigenvalue weighted by atomic mass is 16.3. The van der Waals surface area contributed by atoms with Crippen LogP contribution in [0.4, 0.5) is 0 Å². The van der Waals surface area contributed by atoms with E-state index in [-0.39, 0.29) is 0 Å². The lowest BCUT2D eigenvalue weighted by molar-refractivity contribution is 0.626. The molecule has 3 heteroatoms. The summed E-state index contributed by atoms with van der Waals surface area (Å²) in [5, 5.41) is 0. The first-order chi connectivity index (χ1) is 8.81. The van der Waals surface area contributed by atoms with Gasteiger partial charge < -0.3 is 4.42 Å². The largest absolute Gasteiger partial charge is 0.452 e. The van der Waals surface area contributed by atoms with E-state index in [1.54, 1.807) is 6.20 Å². The molecule has 0 saturated carbocycles. The molecule has 0 aliphatic carbocycles. The number of fused-ring (bicyclic) bond motifs is 1. The van der Waals surface area contributed by atoms with Gasteiger partial charge in [-0.2, -0.15) is 0 Å². The maximum absolute atomic E-state index is 5.85. The van der Waals surface area contributed by atoms with E-state index in [1.807, 2.05) is 37.3 Å². The summed E-state index contributed by atoms with van der Waals surface area (Å²) in [6, 6.07) is 8.01.